The molecule has 1 aliphatic carbocycles. The predicted octanol–water partition coefficient (Wildman–Crippen LogP) is 1.80. The summed E-state index contributed by atoms with van der Waals surface area (Å²) in [6.45, 7) is 4.37. The monoisotopic (exact) mass is 262 g/mol. The largest absolute Gasteiger partial charge is 0.330 e. The van der Waals surface area contributed by atoms with Gasteiger partial charge in [-0.3, -0.25) is 10.1 Å². The second-order valence-corrected chi connectivity index (χ2v) is 5.35. The van der Waals surface area contributed by atoms with Crippen LogP contribution < -0.4 is 11.1 Å². The van der Waals surface area contributed by atoms with Crippen molar-refractivity contribution in [3.8, 4) is 0 Å². The van der Waals surface area contributed by atoms with Crippen LogP contribution in [0.15, 0.2) is 6.07 Å². The van der Waals surface area contributed by atoms with Crippen molar-refractivity contribution >= 4 is 11.9 Å². The Morgan fingerprint density at radius 1 is 1.32 bits per heavy atom. The lowest BCUT2D eigenvalue weighted by Crippen LogP contribution is -2.36. The second kappa shape index (κ2) is 6.10. The number of hydrogen-bond donors (Lipinski definition) is 2. The number of aromatic nitrogens is 2. The molecule has 2 unspecified atom stereocenters. The van der Waals surface area contributed by atoms with E-state index in [1.54, 1.807) is 0 Å². The minimum absolute atomic E-state index is 0.00293. The first-order valence-electron chi connectivity index (χ1n) is 6.93. The van der Waals surface area contributed by atoms with Crippen molar-refractivity contribution < 1.29 is 4.79 Å². The van der Waals surface area contributed by atoms with Crippen LogP contribution in [0.4, 0.5) is 5.95 Å². The van der Waals surface area contributed by atoms with Gasteiger partial charge < -0.3 is 5.73 Å². The fourth-order valence-corrected chi connectivity index (χ4v) is 2.82. The van der Waals surface area contributed by atoms with E-state index in [4.69, 9.17) is 5.73 Å². The van der Waals surface area contributed by atoms with Crippen LogP contribution in [-0.2, 0) is 4.79 Å². The molecule has 104 valence electrons. The SMILES string of the molecule is Cc1cc(C)nc(NC(=O)C2CCCCC2CN)n1. The number of carbonyl (C=O) groups excluding carboxylic acids is 1. The van der Waals surface area contributed by atoms with Crippen molar-refractivity contribution in [3.63, 3.8) is 0 Å². The van der Waals surface area contributed by atoms with Crippen LogP contribution in [-0.4, -0.2) is 22.4 Å². The van der Waals surface area contributed by atoms with E-state index in [2.05, 4.69) is 15.3 Å². The molecule has 2 rings (SSSR count). The Balaban J connectivity index is 2.07. The zero-order chi connectivity index (χ0) is 13.8. The van der Waals surface area contributed by atoms with E-state index in [1.165, 1.54) is 6.42 Å². The molecule has 0 saturated heterocycles. The molecular weight excluding hydrogens is 240 g/mol. The van der Waals surface area contributed by atoms with Crippen molar-refractivity contribution in [1.82, 2.24) is 9.97 Å². The fraction of sp³-hybridized carbons (Fsp3) is 0.643. The molecule has 19 heavy (non-hydrogen) atoms. The quantitative estimate of drug-likeness (QED) is 0.870. The first-order valence-corrected chi connectivity index (χ1v) is 6.93. The first kappa shape index (κ1) is 13.9. The summed E-state index contributed by atoms with van der Waals surface area (Å²) in [6.07, 6.45) is 4.23. The summed E-state index contributed by atoms with van der Waals surface area (Å²) in [5.41, 5.74) is 7.49. The summed E-state index contributed by atoms with van der Waals surface area (Å²) in [5.74, 6) is 0.715. The van der Waals surface area contributed by atoms with Gasteiger partial charge in [-0.15, -0.1) is 0 Å². The standard InChI is InChI=1S/C14H22N4O/c1-9-7-10(2)17-14(16-9)18-13(19)12-6-4-3-5-11(12)8-15/h7,11-12H,3-6,8,15H2,1-2H3,(H,16,17,18,19). The number of aryl methyl sites for hydroxylation is 2. The molecule has 0 spiro atoms. The van der Waals surface area contributed by atoms with E-state index in [0.29, 0.717) is 18.4 Å². The van der Waals surface area contributed by atoms with Crippen molar-refractivity contribution in [2.24, 2.45) is 17.6 Å². The normalized spacial score (nSPS) is 23.1. The highest BCUT2D eigenvalue weighted by Gasteiger charge is 2.30. The van der Waals surface area contributed by atoms with Crippen molar-refractivity contribution in [1.29, 1.82) is 0 Å². The summed E-state index contributed by atoms with van der Waals surface area (Å²) >= 11 is 0. The molecular formula is C14H22N4O. The van der Waals surface area contributed by atoms with Gasteiger partial charge in [0.25, 0.3) is 0 Å². The molecule has 1 saturated carbocycles. The highest BCUT2D eigenvalue weighted by atomic mass is 16.2. The summed E-state index contributed by atoms with van der Waals surface area (Å²) < 4.78 is 0. The van der Waals surface area contributed by atoms with Gasteiger partial charge in [-0.2, -0.15) is 0 Å². The lowest BCUT2D eigenvalue weighted by Gasteiger charge is -2.29. The summed E-state index contributed by atoms with van der Waals surface area (Å²) in [7, 11) is 0. The molecule has 0 aliphatic heterocycles. The topological polar surface area (TPSA) is 80.9 Å². The Bertz CT molecular complexity index is 441. The Hall–Kier alpha value is -1.49. The van der Waals surface area contributed by atoms with Gasteiger partial charge in [-0.1, -0.05) is 12.8 Å². The van der Waals surface area contributed by atoms with Crippen molar-refractivity contribution in [2.75, 3.05) is 11.9 Å². The minimum atomic E-state index is 0.00293. The van der Waals surface area contributed by atoms with Crippen LogP contribution in [0.3, 0.4) is 0 Å². The average Bonchev–Trinajstić information content (AvgIpc) is 2.37. The summed E-state index contributed by atoms with van der Waals surface area (Å²) in [5, 5.41) is 2.84. The van der Waals surface area contributed by atoms with Gasteiger partial charge in [-0.05, 0) is 45.2 Å². The number of nitrogens with zero attached hydrogens (tertiary/aromatic N) is 2. The van der Waals surface area contributed by atoms with Crippen LogP contribution in [0.5, 0.6) is 0 Å². The molecule has 5 nitrogen and oxygen atoms in total. The molecule has 1 fully saturated rings. The molecule has 1 aliphatic rings. The van der Waals surface area contributed by atoms with Crippen molar-refractivity contribution in [2.45, 2.75) is 39.5 Å². The predicted molar refractivity (Wildman–Crippen MR) is 74.6 cm³/mol. The van der Waals surface area contributed by atoms with E-state index >= 15 is 0 Å². The number of nitrogens with two attached hydrogens (primary N) is 1. The summed E-state index contributed by atoms with van der Waals surface area (Å²) in [4.78, 5) is 20.8. The van der Waals surface area contributed by atoms with Gasteiger partial charge in [0.2, 0.25) is 11.9 Å². The van der Waals surface area contributed by atoms with E-state index in [0.717, 1.165) is 30.7 Å². The third-order valence-corrected chi connectivity index (χ3v) is 3.77. The van der Waals surface area contributed by atoms with Gasteiger partial charge in [0, 0.05) is 17.3 Å². The number of nitrogens with one attached hydrogen (secondary N) is 1. The van der Waals surface area contributed by atoms with Crippen LogP contribution >= 0.6 is 0 Å². The maximum atomic E-state index is 12.3. The van der Waals surface area contributed by atoms with E-state index in [9.17, 15) is 4.79 Å². The molecule has 1 aromatic heterocycles. The van der Waals surface area contributed by atoms with E-state index in [-0.39, 0.29) is 11.8 Å². The Kier molecular flexibility index (Phi) is 4.47. The van der Waals surface area contributed by atoms with E-state index < -0.39 is 0 Å². The zero-order valence-corrected chi connectivity index (χ0v) is 11.6. The highest BCUT2D eigenvalue weighted by molar-refractivity contribution is 5.91. The summed E-state index contributed by atoms with van der Waals surface area (Å²) in [6, 6.07) is 1.89. The molecule has 0 radical (unpaired) electrons. The molecule has 1 heterocycles. The lowest BCUT2D eigenvalue weighted by atomic mass is 9.79. The third-order valence-electron chi connectivity index (χ3n) is 3.77. The Labute approximate surface area is 114 Å². The van der Waals surface area contributed by atoms with Gasteiger partial charge in [-0.25, -0.2) is 9.97 Å². The van der Waals surface area contributed by atoms with Crippen LogP contribution in [0.25, 0.3) is 0 Å². The molecule has 5 heteroatoms. The van der Waals surface area contributed by atoms with Crippen molar-refractivity contribution in [3.05, 3.63) is 17.5 Å². The third kappa shape index (κ3) is 3.50. The molecule has 0 bridgehead atoms. The highest BCUT2D eigenvalue weighted by Crippen LogP contribution is 2.30. The number of rotatable bonds is 3. The van der Waals surface area contributed by atoms with Gasteiger partial charge in [0.15, 0.2) is 0 Å². The smallest absolute Gasteiger partial charge is 0.230 e. The van der Waals surface area contributed by atoms with Gasteiger partial charge >= 0.3 is 0 Å². The molecule has 3 N–H and O–H groups in total. The van der Waals surface area contributed by atoms with Crippen LogP contribution in [0.2, 0.25) is 0 Å². The van der Waals surface area contributed by atoms with Gasteiger partial charge in [0.1, 0.15) is 0 Å². The average molecular weight is 262 g/mol. The molecule has 0 aromatic carbocycles. The minimum Gasteiger partial charge on any atom is -0.330 e. The zero-order valence-electron chi connectivity index (χ0n) is 11.6. The number of amides is 1. The van der Waals surface area contributed by atoms with Gasteiger partial charge in [0.05, 0.1) is 0 Å². The lowest BCUT2D eigenvalue weighted by molar-refractivity contribution is -0.122. The fourth-order valence-electron chi connectivity index (χ4n) is 2.82. The molecule has 1 amide bonds. The van der Waals surface area contributed by atoms with Crippen LogP contribution in [0.1, 0.15) is 37.1 Å². The Morgan fingerprint density at radius 2 is 1.95 bits per heavy atom. The Morgan fingerprint density at radius 3 is 2.58 bits per heavy atom. The van der Waals surface area contributed by atoms with Crippen LogP contribution in [0, 0.1) is 25.7 Å². The number of hydrogen-bond acceptors (Lipinski definition) is 4. The van der Waals surface area contributed by atoms with E-state index in [1.807, 2.05) is 19.9 Å². The maximum absolute atomic E-state index is 12.3. The molecule has 1 aromatic rings. The molecule has 2 atom stereocenters. The second-order valence-electron chi connectivity index (χ2n) is 5.35. The number of carbonyl (C=O) groups is 1. The number of anilines is 1. The maximum Gasteiger partial charge on any atom is 0.230 e. The first-order chi connectivity index (χ1) is 9.10.